The lowest BCUT2D eigenvalue weighted by Gasteiger charge is -2.38. The Morgan fingerprint density at radius 1 is 1.53 bits per heavy atom. The Morgan fingerprint density at radius 2 is 2.24 bits per heavy atom. The molecule has 0 atom stereocenters. The first-order chi connectivity index (χ1) is 8.10. The minimum Gasteiger partial charge on any atom is -0.396 e. The lowest BCUT2D eigenvalue weighted by atomic mass is 10.00. The second-order valence-electron chi connectivity index (χ2n) is 4.41. The number of amides is 1. The Balaban J connectivity index is 2.05. The van der Waals surface area contributed by atoms with Gasteiger partial charge in [0, 0.05) is 43.3 Å². The van der Waals surface area contributed by atoms with Crippen molar-refractivity contribution in [3.63, 3.8) is 0 Å². The third-order valence-corrected chi connectivity index (χ3v) is 3.02. The number of rotatable bonds is 4. The summed E-state index contributed by atoms with van der Waals surface area (Å²) in [5.74, 6) is -0.595. The molecule has 1 aliphatic rings. The van der Waals surface area contributed by atoms with Gasteiger partial charge in [0.05, 0.1) is 0 Å². The van der Waals surface area contributed by atoms with Crippen LogP contribution in [-0.4, -0.2) is 35.6 Å². The Bertz CT molecular complexity index is 431. The second kappa shape index (κ2) is 4.81. The first-order valence-electron chi connectivity index (χ1n) is 5.51. The zero-order chi connectivity index (χ0) is 12.4. The Hall–Kier alpha value is -1.46. The number of benzene rings is 1. The number of carbonyl (C=O) groups excluding carboxylic acids is 1. The van der Waals surface area contributed by atoms with Crippen LogP contribution in [0.15, 0.2) is 18.2 Å². The average Bonchev–Trinajstić information content (AvgIpc) is 2.24. The molecule has 0 aromatic heterocycles. The van der Waals surface area contributed by atoms with Gasteiger partial charge in [0.1, 0.15) is 5.82 Å². The van der Waals surface area contributed by atoms with Crippen LogP contribution in [0.2, 0.25) is 0 Å². The molecule has 1 aliphatic heterocycles. The molecule has 1 aromatic carbocycles. The van der Waals surface area contributed by atoms with Crippen molar-refractivity contribution in [3.05, 3.63) is 35.1 Å². The Kier molecular flexibility index (Phi) is 3.40. The number of likely N-dealkylation sites (tertiary alicyclic amines) is 1. The standard InChI is InChI=1S/C12H15FN2O2/c13-11-2-1-9(12(14)17)3-10(11)6-15-4-8(5-15)7-16/h1-3,8,16H,4-7H2,(H2,14,17). The van der Waals surface area contributed by atoms with E-state index in [9.17, 15) is 9.18 Å². The number of halogens is 1. The van der Waals surface area contributed by atoms with E-state index in [1.807, 2.05) is 4.90 Å². The first kappa shape index (κ1) is 12.0. The van der Waals surface area contributed by atoms with E-state index < -0.39 is 5.91 Å². The maximum absolute atomic E-state index is 13.5. The quantitative estimate of drug-likeness (QED) is 0.795. The van der Waals surface area contributed by atoms with Gasteiger partial charge in [-0.2, -0.15) is 0 Å². The number of hydrogen-bond donors (Lipinski definition) is 2. The predicted octanol–water partition coefficient (Wildman–Crippen LogP) is 0.349. The van der Waals surface area contributed by atoms with Crippen LogP contribution in [0, 0.1) is 11.7 Å². The Morgan fingerprint density at radius 3 is 2.82 bits per heavy atom. The summed E-state index contributed by atoms with van der Waals surface area (Å²) in [6.45, 7) is 2.14. The van der Waals surface area contributed by atoms with E-state index in [0.717, 1.165) is 13.1 Å². The number of aliphatic hydroxyl groups excluding tert-OH is 1. The van der Waals surface area contributed by atoms with Crippen molar-refractivity contribution in [3.8, 4) is 0 Å². The van der Waals surface area contributed by atoms with Crippen LogP contribution in [0.4, 0.5) is 4.39 Å². The maximum atomic E-state index is 13.5. The van der Waals surface area contributed by atoms with Gasteiger partial charge in [0.15, 0.2) is 0 Å². The molecule has 0 spiro atoms. The monoisotopic (exact) mass is 238 g/mol. The molecule has 5 heteroatoms. The summed E-state index contributed by atoms with van der Waals surface area (Å²) in [6, 6.07) is 4.14. The minimum absolute atomic E-state index is 0.167. The average molecular weight is 238 g/mol. The highest BCUT2D eigenvalue weighted by Gasteiger charge is 2.26. The molecular weight excluding hydrogens is 223 g/mol. The van der Waals surface area contributed by atoms with Crippen molar-refractivity contribution >= 4 is 5.91 Å². The van der Waals surface area contributed by atoms with Crippen LogP contribution in [0.3, 0.4) is 0 Å². The summed E-state index contributed by atoms with van der Waals surface area (Å²) in [5.41, 5.74) is 5.94. The summed E-state index contributed by atoms with van der Waals surface area (Å²) < 4.78 is 13.5. The Labute approximate surface area is 98.8 Å². The van der Waals surface area contributed by atoms with Gasteiger partial charge in [-0.05, 0) is 18.2 Å². The lowest BCUT2D eigenvalue weighted by Crippen LogP contribution is -2.47. The molecular formula is C12H15FN2O2. The van der Waals surface area contributed by atoms with Crippen molar-refractivity contribution < 1.29 is 14.3 Å². The molecule has 2 rings (SSSR count). The number of carbonyl (C=O) groups is 1. The van der Waals surface area contributed by atoms with E-state index in [4.69, 9.17) is 10.8 Å². The number of hydrogen-bond acceptors (Lipinski definition) is 3. The van der Waals surface area contributed by atoms with Crippen LogP contribution >= 0.6 is 0 Å². The van der Waals surface area contributed by atoms with Crippen molar-refractivity contribution in [1.29, 1.82) is 0 Å². The van der Waals surface area contributed by atoms with Gasteiger partial charge in [-0.1, -0.05) is 0 Å². The molecule has 1 fully saturated rings. The molecule has 1 amide bonds. The van der Waals surface area contributed by atoms with Crippen molar-refractivity contribution in [1.82, 2.24) is 4.90 Å². The molecule has 17 heavy (non-hydrogen) atoms. The van der Waals surface area contributed by atoms with Crippen LogP contribution in [-0.2, 0) is 6.54 Å². The van der Waals surface area contributed by atoms with Crippen LogP contribution < -0.4 is 5.73 Å². The lowest BCUT2D eigenvalue weighted by molar-refractivity contribution is 0.0471. The summed E-state index contributed by atoms with van der Waals surface area (Å²) in [4.78, 5) is 13.0. The molecule has 4 nitrogen and oxygen atoms in total. The highest BCUT2D eigenvalue weighted by molar-refractivity contribution is 5.92. The highest BCUT2D eigenvalue weighted by Crippen LogP contribution is 2.20. The van der Waals surface area contributed by atoms with E-state index in [-0.39, 0.29) is 18.3 Å². The summed E-state index contributed by atoms with van der Waals surface area (Å²) in [5, 5.41) is 8.88. The van der Waals surface area contributed by atoms with Crippen LogP contribution in [0.1, 0.15) is 15.9 Å². The van der Waals surface area contributed by atoms with Crippen molar-refractivity contribution in [2.24, 2.45) is 11.7 Å². The zero-order valence-corrected chi connectivity index (χ0v) is 9.40. The molecule has 0 saturated carbocycles. The maximum Gasteiger partial charge on any atom is 0.248 e. The molecule has 92 valence electrons. The predicted molar refractivity (Wildman–Crippen MR) is 60.8 cm³/mol. The number of nitrogens with zero attached hydrogens (tertiary/aromatic N) is 1. The molecule has 0 bridgehead atoms. The van der Waals surface area contributed by atoms with E-state index in [1.165, 1.54) is 18.2 Å². The normalized spacial score (nSPS) is 16.8. The van der Waals surface area contributed by atoms with Gasteiger partial charge in [-0.15, -0.1) is 0 Å². The summed E-state index contributed by atoms with van der Waals surface area (Å²) >= 11 is 0. The van der Waals surface area contributed by atoms with E-state index in [2.05, 4.69) is 0 Å². The zero-order valence-electron chi connectivity index (χ0n) is 9.40. The SMILES string of the molecule is NC(=O)c1ccc(F)c(CN2CC(CO)C2)c1. The van der Waals surface area contributed by atoms with E-state index >= 15 is 0 Å². The molecule has 1 aromatic rings. The largest absolute Gasteiger partial charge is 0.396 e. The molecule has 1 heterocycles. The summed E-state index contributed by atoms with van der Waals surface area (Å²) in [6.07, 6.45) is 0. The van der Waals surface area contributed by atoms with Gasteiger partial charge >= 0.3 is 0 Å². The number of primary amides is 1. The fourth-order valence-corrected chi connectivity index (χ4v) is 2.01. The number of nitrogens with two attached hydrogens (primary N) is 1. The molecule has 3 N–H and O–H groups in total. The fraction of sp³-hybridized carbons (Fsp3) is 0.417. The second-order valence-corrected chi connectivity index (χ2v) is 4.41. The summed E-state index contributed by atoms with van der Waals surface area (Å²) in [7, 11) is 0. The number of aliphatic hydroxyl groups is 1. The third-order valence-electron chi connectivity index (χ3n) is 3.02. The van der Waals surface area contributed by atoms with Gasteiger partial charge < -0.3 is 10.8 Å². The minimum atomic E-state index is -0.553. The van der Waals surface area contributed by atoms with Gasteiger partial charge in [0.25, 0.3) is 0 Å². The van der Waals surface area contributed by atoms with E-state index in [0.29, 0.717) is 17.7 Å². The van der Waals surface area contributed by atoms with Gasteiger partial charge in [-0.25, -0.2) is 4.39 Å². The molecule has 0 unspecified atom stereocenters. The van der Waals surface area contributed by atoms with Gasteiger partial charge in [-0.3, -0.25) is 9.69 Å². The first-order valence-corrected chi connectivity index (χ1v) is 5.51. The van der Waals surface area contributed by atoms with Gasteiger partial charge in [0.2, 0.25) is 5.91 Å². The fourth-order valence-electron chi connectivity index (χ4n) is 2.01. The van der Waals surface area contributed by atoms with Crippen molar-refractivity contribution in [2.75, 3.05) is 19.7 Å². The molecule has 1 saturated heterocycles. The highest BCUT2D eigenvalue weighted by atomic mass is 19.1. The molecule has 0 radical (unpaired) electrons. The molecule has 0 aliphatic carbocycles. The third kappa shape index (κ3) is 2.62. The van der Waals surface area contributed by atoms with Crippen LogP contribution in [0.5, 0.6) is 0 Å². The van der Waals surface area contributed by atoms with Crippen molar-refractivity contribution in [2.45, 2.75) is 6.54 Å². The van der Waals surface area contributed by atoms with Crippen LogP contribution in [0.25, 0.3) is 0 Å². The topological polar surface area (TPSA) is 66.6 Å². The smallest absolute Gasteiger partial charge is 0.248 e. The van der Waals surface area contributed by atoms with E-state index in [1.54, 1.807) is 0 Å².